The molecule has 0 aliphatic carbocycles. The highest BCUT2D eigenvalue weighted by atomic mass is 79.9. The second-order valence-corrected chi connectivity index (χ2v) is 4.19. The number of fused-ring (bicyclic) bond motifs is 1. The molecule has 0 radical (unpaired) electrons. The van der Waals surface area contributed by atoms with E-state index in [1.807, 2.05) is 0 Å². The number of carboxylic acids is 1. The molecule has 2 aromatic rings. The van der Waals surface area contributed by atoms with Crippen LogP contribution in [-0.2, 0) is 11.3 Å². The summed E-state index contributed by atoms with van der Waals surface area (Å²) < 4.78 is 7.10. The zero-order valence-corrected chi connectivity index (χ0v) is 9.73. The van der Waals surface area contributed by atoms with Crippen molar-refractivity contribution >= 4 is 33.0 Å². The van der Waals surface area contributed by atoms with E-state index in [1.54, 1.807) is 18.2 Å². The van der Waals surface area contributed by atoms with Gasteiger partial charge in [0.1, 0.15) is 0 Å². The van der Waals surface area contributed by atoms with Gasteiger partial charge < -0.3 is 9.52 Å². The van der Waals surface area contributed by atoms with Crippen molar-refractivity contribution in [1.29, 1.82) is 0 Å². The molecule has 0 aliphatic heterocycles. The summed E-state index contributed by atoms with van der Waals surface area (Å²) in [5.74, 6) is -1.48. The standard InChI is InChI=1S/C10H8BrNO4/c11-6-1-2-8-7(5-6)12(10(15)16-8)4-3-9(13)14/h1-2,5H,3-4H2,(H,13,14). The van der Waals surface area contributed by atoms with E-state index in [0.717, 1.165) is 4.47 Å². The van der Waals surface area contributed by atoms with Crippen LogP contribution in [0.1, 0.15) is 6.42 Å². The molecule has 84 valence electrons. The number of rotatable bonds is 3. The van der Waals surface area contributed by atoms with E-state index in [-0.39, 0.29) is 13.0 Å². The number of carbonyl (C=O) groups is 1. The number of aromatic nitrogens is 1. The van der Waals surface area contributed by atoms with Gasteiger partial charge in [-0.3, -0.25) is 9.36 Å². The highest BCUT2D eigenvalue weighted by Crippen LogP contribution is 2.18. The fourth-order valence-electron chi connectivity index (χ4n) is 1.45. The highest BCUT2D eigenvalue weighted by molar-refractivity contribution is 9.10. The Morgan fingerprint density at radius 1 is 1.50 bits per heavy atom. The SMILES string of the molecule is O=C(O)CCn1c(=O)oc2ccc(Br)cc21. The molecule has 6 heteroatoms. The minimum Gasteiger partial charge on any atom is -0.481 e. The largest absolute Gasteiger partial charge is 0.481 e. The lowest BCUT2D eigenvalue weighted by molar-refractivity contribution is -0.137. The molecule has 0 fully saturated rings. The van der Waals surface area contributed by atoms with Gasteiger partial charge in [0.2, 0.25) is 0 Å². The topological polar surface area (TPSA) is 72.4 Å². The molecule has 0 aliphatic rings. The fraction of sp³-hybridized carbons (Fsp3) is 0.200. The van der Waals surface area contributed by atoms with E-state index in [4.69, 9.17) is 9.52 Å². The first kappa shape index (κ1) is 10.9. The Hall–Kier alpha value is -1.56. The lowest BCUT2D eigenvalue weighted by Crippen LogP contribution is -2.16. The molecule has 1 heterocycles. The van der Waals surface area contributed by atoms with Crippen LogP contribution in [-0.4, -0.2) is 15.6 Å². The van der Waals surface area contributed by atoms with Crippen molar-refractivity contribution in [3.63, 3.8) is 0 Å². The Balaban J connectivity index is 2.50. The summed E-state index contributed by atoms with van der Waals surface area (Å²) in [5.41, 5.74) is 1.05. The summed E-state index contributed by atoms with van der Waals surface area (Å²) in [7, 11) is 0. The smallest absolute Gasteiger partial charge is 0.419 e. The summed E-state index contributed by atoms with van der Waals surface area (Å²) >= 11 is 3.28. The number of benzene rings is 1. The van der Waals surface area contributed by atoms with Crippen LogP contribution in [0.4, 0.5) is 0 Å². The first-order chi connectivity index (χ1) is 7.58. The number of aliphatic carboxylic acids is 1. The summed E-state index contributed by atoms with van der Waals surface area (Å²) in [6.07, 6.45) is -0.110. The van der Waals surface area contributed by atoms with Crippen molar-refractivity contribution in [1.82, 2.24) is 4.57 Å². The van der Waals surface area contributed by atoms with Gasteiger partial charge in [-0.25, -0.2) is 4.79 Å². The maximum atomic E-state index is 11.5. The lowest BCUT2D eigenvalue weighted by Gasteiger charge is -1.98. The van der Waals surface area contributed by atoms with Crippen LogP contribution in [0.15, 0.2) is 31.9 Å². The van der Waals surface area contributed by atoms with Crippen LogP contribution in [0, 0.1) is 0 Å². The van der Waals surface area contributed by atoms with Crippen molar-refractivity contribution in [3.8, 4) is 0 Å². The van der Waals surface area contributed by atoms with E-state index in [2.05, 4.69) is 15.9 Å². The normalized spacial score (nSPS) is 10.8. The number of nitrogens with zero attached hydrogens (tertiary/aromatic N) is 1. The van der Waals surface area contributed by atoms with E-state index in [0.29, 0.717) is 11.1 Å². The van der Waals surface area contributed by atoms with Crippen molar-refractivity contribution in [2.75, 3.05) is 0 Å². The maximum absolute atomic E-state index is 11.5. The molecule has 0 atom stereocenters. The Labute approximate surface area is 98.4 Å². The van der Waals surface area contributed by atoms with Gasteiger partial charge in [0.05, 0.1) is 11.9 Å². The molecular formula is C10H8BrNO4. The molecule has 1 N–H and O–H groups in total. The quantitative estimate of drug-likeness (QED) is 0.934. The molecule has 0 saturated heterocycles. The van der Waals surface area contributed by atoms with Crippen molar-refractivity contribution in [2.24, 2.45) is 0 Å². The zero-order chi connectivity index (χ0) is 11.7. The van der Waals surface area contributed by atoms with Crippen LogP contribution < -0.4 is 5.76 Å². The Morgan fingerprint density at radius 3 is 2.94 bits per heavy atom. The molecule has 0 amide bonds. The predicted molar refractivity (Wildman–Crippen MR) is 60.4 cm³/mol. The van der Waals surface area contributed by atoms with Crippen LogP contribution >= 0.6 is 15.9 Å². The van der Waals surface area contributed by atoms with Gasteiger partial charge in [0, 0.05) is 11.0 Å². The first-order valence-electron chi connectivity index (χ1n) is 4.58. The van der Waals surface area contributed by atoms with Crippen molar-refractivity contribution < 1.29 is 14.3 Å². The molecule has 0 unspecified atom stereocenters. The molecular weight excluding hydrogens is 278 g/mol. The molecule has 5 nitrogen and oxygen atoms in total. The van der Waals surface area contributed by atoms with E-state index in [9.17, 15) is 9.59 Å². The van der Waals surface area contributed by atoms with Gasteiger partial charge in [0.25, 0.3) is 0 Å². The maximum Gasteiger partial charge on any atom is 0.419 e. The van der Waals surface area contributed by atoms with Gasteiger partial charge in [0.15, 0.2) is 5.58 Å². The van der Waals surface area contributed by atoms with Gasteiger partial charge in [-0.15, -0.1) is 0 Å². The third kappa shape index (κ3) is 2.01. The van der Waals surface area contributed by atoms with Gasteiger partial charge >= 0.3 is 11.7 Å². The molecule has 2 rings (SSSR count). The van der Waals surface area contributed by atoms with Gasteiger partial charge in [-0.2, -0.15) is 0 Å². The number of aryl methyl sites for hydroxylation is 1. The van der Waals surface area contributed by atoms with Crippen LogP contribution in [0.5, 0.6) is 0 Å². The fourth-order valence-corrected chi connectivity index (χ4v) is 1.80. The summed E-state index contributed by atoms with van der Waals surface area (Å²) in [5, 5.41) is 8.57. The van der Waals surface area contributed by atoms with Crippen LogP contribution in [0.25, 0.3) is 11.1 Å². The average Bonchev–Trinajstić information content (AvgIpc) is 2.51. The Kier molecular flexibility index (Phi) is 2.82. The molecule has 1 aromatic heterocycles. The predicted octanol–water partition coefficient (Wildman–Crippen LogP) is 1.83. The molecule has 0 saturated carbocycles. The number of halogens is 1. The molecule has 1 aromatic carbocycles. The molecule has 0 bridgehead atoms. The average molecular weight is 286 g/mol. The molecule has 16 heavy (non-hydrogen) atoms. The Bertz CT molecular complexity index is 598. The highest BCUT2D eigenvalue weighted by Gasteiger charge is 2.10. The summed E-state index contributed by atoms with van der Waals surface area (Å²) in [4.78, 5) is 21.9. The number of hydrogen-bond donors (Lipinski definition) is 1. The summed E-state index contributed by atoms with van der Waals surface area (Å²) in [6.45, 7) is 0.109. The third-order valence-electron chi connectivity index (χ3n) is 2.18. The van der Waals surface area contributed by atoms with Gasteiger partial charge in [-0.05, 0) is 18.2 Å². The van der Waals surface area contributed by atoms with E-state index < -0.39 is 11.7 Å². The summed E-state index contributed by atoms with van der Waals surface area (Å²) in [6, 6.07) is 5.15. The van der Waals surface area contributed by atoms with Crippen molar-refractivity contribution in [2.45, 2.75) is 13.0 Å². The Morgan fingerprint density at radius 2 is 2.25 bits per heavy atom. The lowest BCUT2D eigenvalue weighted by atomic mass is 10.3. The monoisotopic (exact) mass is 285 g/mol. The zero-order valence-electron chi connectivity index (χ0n) is 8.14. The second-order valence-electron chi connectivity index (χ2n) is 3.28. The first-order valence-corrected chi connectivity index (χ1v) is 5.38. The van der Waals surface area contributed by atoms with Crippen LogP contribution in [0.3, 0.4) is 0 Å². The van der Waals surface area contributed by atoms with Crippen molar-refractivity contribution in [3.05, 3.63) is 33.2 Å². The second kappa shape index (κ2) is 4.13. The minimum atomic E-state index is -0.948. The third-order valence-corrected chi connectivity index (χ3v) is 2.67. The minimum absolute atomic E-state index is 0.109. The number of hydrogen-bond acceptors (Lipinski definition) is 3. The van der Waals surface area contributed by atoms with E-state index in [1.165, 1.54) is 4.57 Å². The van der Waals surface area contributed by atoms with Crippen LogP contribution in [0.2, 0.25) is 0 Å². The molecule has 0 spiro atoms. The van der Waals surface area contributed by atoms with E-state index >= 15 is 0 Å². The number of carboxylic acid groups (broad SMARTS) is 1. The van der Waals surface area contributed by atoms with Gasteiger partial charge in [-0.1, -0.05) is 15.9 Å². The number of oxazole rings is 1.